The van der Waals surface area contributed by atoms with Gasteiger partial charge in [-0.15, -0.1) is 0 Å². The molecule has 0 aliphatic carbocycles. The number of rotatable bonds is 3. The molecule has 2 rings (SSSR count). The van der Waals surface area contributed by atoms with Gasteiger partial charge in [0.25, 0.3) is 0 Å². The molecule has 0 spiro atoms. The van der Waals surface area contributed by atoms with Gasteiger partial charge in [-0.3, -0.25) is 0 Å². The minimum absolute atomic E-state index is 0.0252. The van der Waals surface area contributed by atoms with Gasteiger partial charge in [0.05, 0.1) is 7.11 Å². The molecule has 0 saturated heterocycles. The normalized spacial score (nSPS) is 10.2. The molecule has 4 heteroatoms. The Morgan fingerprint density at radius 3 is 2.71 bits per heavy atom. The van der Waals surface area contributed by atoms with E-state index in [1.165, 1.54) is 0 Å². The van der Waals surface area contributed by atoms with Crippen molar-refractivity contribution in [1.82, 2.24) is 0 Å². The van der Waals surface area contributed by atoms with Gasteiger partial charge >= 0.3 is 5.97 Å². The van der Waals surface area contributed by atoms with Gasteiger partial charge in [0.15, 0.2) is 0 Å². The molecule has 0 atom stereocenters. The highest BCUT2D eigenvalue weighted by Crippen LogP contribution is 2.27. The van der Waals surface area contributed by atoms with Crippen LogP contribution in [0.3, 0.4) is 0 Å². The first-order valence-electron chi connectivity index (χ1n) is 5.10. The molecule has 0 amide bonds. The van der Waals surface area contributed by atoms with Crippen LogP contribution >= 0.6 is 0 Å². The number of ether oxygens (including phenoxy) is 1. The summed E-state index contributed by atoms with van der Waals surface area (Å²) in [6.07, 6.45) is 0. The summed E-state index contributed by atoms with van der Waals surface area (Å²) in [5.41, 5.74) is 1.40. The van der Waals surface area contributed by atoms with Gasteiger partial charge < -0.3 is 14.3 Å². The summed E-state index contributed by atoms with van der Waals surface area (Å²) in [5.74, 6) is 0.145. The summed E-state index contributed by atoms with van der Waals surface area (Å²) in [5, 5.41) is 8.91. The zero-order valence-corrected chi connectivity index (χ0v) is 9.56. The van der Waals surface area contributed by atoms with Crippen molar-refractivity contribution < 1.29 is 19.1 Å². The first-order chi connectivity index (χ1) is 8.11. The maximum Gasteiger partial charge on any atom is 0.372 e. The van der Waals surface area contributed by atoms with Crippen LogP contribution in [0.5, 0.6) is 5.75 Å². The summed E-state index contributed by atoms with van der Waals surface area (Å²) < 4.78 is 10.4. The van der Waals surface area contributed by atoms with E-state index in [-0.39, 0.29) is 5.76 Å². The zero-order chi connectivity index (χ0) is 12.4. The lowest BCUT2D eigenvalue weighted by Gasteiger charge is -2.01. The first-order valence-corrected chi connectivity index (χ1v) is 5.10. The van der Waals surface area contributed by atoms with E-state index in [9.17, 15) is 4.79 Å². The van der Waals surface area contributed by atoms with Crippen LogP contribution in [-0.2, 0) is 0 Å². The first kappa shape index (κ1) is 11.3. The third-order valence-electron chi connectivity index (χ3n) is 2.47. The van der Waals surface area contributed by atoms with Crippen LogP contribution in [0, 0.1) is 6.92 Å². The Balaban J connectivity index is 2.46. The van der Waals surface area contributed by atoms with Crippen molar-refractivity contribution in [3.63, 3.8) is 0 Å². The second-order valence-corrected chi connectivity index (χ2v) is 3.66. The SMILES string of the molecule is COc1cccc(-c2cc(C)c(C(=O)O)o2)c1. The van der Waals surface area contributed by atoms with E-state index in [4.69, 9.17) is 14.3 Å². The fourth-order valence-electron chi connectivity index (χ4n) is 1.61. The van der Waals surface area contributed by atoms with Crippen molar-refractivity contribution in [2.75, 3.05) is 7.11 Å². The quantitative estimate of drug-likeness (QED) is 0.883. The molecule has 0 saturated carbocycles. The molecule has 1 N–H and O–H groups in total. The highest BCUT2D eigenvalue weighted by atomic mass is 16.5. The Hall–Kier alpha value is -2.23. The second-order valence-electron chi connectivity index (χ2n) is 3.66. The molecule has 0 bridgehead atoms. The molecule has 88 valence electrons. The molecule has 1 heterocycles. The van der Waals surface area contributed by atoms with Crippen molar-refractivity contribution in [2.24, 2.45) is 0 Å². The monoisotopic (exact) mass is 232 g/mol. The van der Waals surface area contributed by atoms with E-state index in [0.29, 0.717) is 17.1 Å². The number of benzene rings is 1. The van der Waals surface area contributed by atoms with Crippen LogP contribution < -0.4 is 4.74 Å². The minimum Gasteiger partial charge on any atom is -0.497 e. The van der Waals surface area contributed by atoms with Gasteiger partial charge in [-0.1, -0.05) is 12.1 Å². The van der Waals surface area contributed by atoms with E-state index in [2.05, 4.69) is 0 Å². The summed E-state index contributed by atoms with van der Waals surface area (Å²) >= 11 is 0. The van der Waals surface area contributed by atoms with Crippen LogP contribution in [0.4, 0.5) is 0 Å². The number of aromatic carboxylic acids is 1. The average Bonchev–Trinajstić information content (AvgIpc) is 2.71. The molecule has 1 aromatic heterocycles. The smallest absolute Gasteiger partial charge is 0.372 e. The van der Waals surface area contributed by atoms with Crippen LogP contribution in [0.15, 0.2) is 34.7 Å². The Labute approximate surface area is 98.4 Å². The van der Waals surface area contributed by atoms with E-state index in [1.54, 1.807) is 26.2 Å². The predicted octanol–water partition coefficient (Wildman–Crippen LogP) is 2.96. The fraction of sp³-hybridized carbons (Fsp3) is 0.154. The fourth-order valence-corrected chi connectivity index (χ4v) is 1.61. The van der Waals surface area contributed by atoms with Crippen molar-refractivity contribution >= 4 is 5.97 Å². The standard InChI is InChI=1S/C13H12O4/c1-8-6-11(17-12(8)13(14)15)9-4-3-5-10(7-9)16-2/h3-7H,1-2H3,(H,14,15). The van der Waals surface area contributed by atoms with Gasteiger partial charge in [0.2, 0.25) is 5.76 Å². The molecule has 0 aliphatic rings. The molecule has 0 aliphatic heterocycles. The highest BCUT2D eigenvalue weighted by Gasteiger charge is 2.15. The number of carboxylic acids is 1. The lowest BCUT2D eigenvalue weighted by molar-refractivity contribution is 0.0662. The van der Waals surface area contributed by atoms with E-state index >= 15 is 0 Å². The number of carboxylic acid groups (broad SMARTS) is 1. The topological polar surface area (TPSA) is 59.7 Å². The summed E-state index contributed by atoms with van der Waals surface area (Å²) in [6.45, 7) is 1.70. The van der Waals surface area contributed by atoms with Crippen LogP contribution in [0.25, 0.3) is 11.3 Å². The number of hydrogen-bond acceptors (Lipinski definition) is 3. The molecule has 1 aromatic carbocycles. The lowest BCUT2D eigenvalue weighted by atomic mass is 10.1. The number of aryl methyl sites for hydroxylation is 1. The Kier molecular flexibility index (Phi) is 2.87. The van der Waals surface area contributed by atoms with Crippen LogP contribution in [0.2, 0.25) is 0 Å². The summed E-state index contributed by atoms with van der Waals surface area (Å²) in [6, 6.07) is 8.98. The number of furan rings is 1. The van der Waals surface area contributed by atoms with Gasteiger partial charge in [-0.05, 0) is 25.1 Å². The zero-order valence-electron chi connectivity index (χ0n) is 9.56. The Morgan fingerprint density at radius 1 is 1.35 bits per heavy atom. The molecule has 2 aromatic rings. The van der Waals surface area contributed by atoms with Crippen LogP contribution in [-0.4, -0.2) is 18.2 Å². The maximum atomic E-state index is 10.9. The number of methoxy groups -OCH3 is 1. The number of hydrogen-bond donors (Lipinski definition) is 1. The Morgan fingerprint density at radius 2 is 2.12 bits per heavy atom. The van der Waals surface area contributed by atoms with Gasteiger partial charge in [0, 0.05) is 11.1 Å². The summed E-state index contributed by atoms with van der Waals surface area (Å²) in [7, 11) is 1.58. The van der Waals surface area contributed by atoms with Crippen LogP contribution in [0.1, 0.15) is 16.1 Å². The molecule has 0 fully saturated rings. The largest absolute Gasteiger partial charge is 0.497 e. The van der Waals surface area contributed by atoms with Crippen molar-refractivity contribution in [1.29, 1.82) is 0 Å². The van der Waals surface area contributed by atoms with E-state index in [0.717, 1.165) is 5.56 Å². The van der Waals surface area contributed by atoms with Gasteiger partial charge in [0.1, 0.15) is 11.5 Å². The van der Waals surface area contributed by atoms with Crippen molar-refractivity contribution in [3.05, 3.63) is 41.7 Å². The van der Waals surface area contributed by atoms with E-state index < -0.39 is 5.97 Å². The van der Waals surface area contributed by atoms with E-state index in [1.807, 2.05) is 18.2 Å². The highest BCUT2D eigenvalue weighted by molar-refractivity contribution is 5.87. The molecule has 17 heavy (non-hydrogen) atoms. The Bertz CT molecular complexity index is 554. The summed E-state index contributed by atoms with van der Waals surface area (Å²) in [4.78, 5) is 10.9. The van der Waals surface area contributed by atoms with Gasteiger partial charge in [-0.25, -0.2) is 4.79 Å². The maximum absolute atomic E-state index is 10.9. The van der Waals surface area contributed by atoms with Gasteiger partial charge in [-0.2, -0.15) is 0 Å². The molecular weight excluding hydrogens is 220 g/mol. The molecule has 4 nitrogen and oxygen atoms in total. The van der Waals surface area contributed by atoms with Crippen molar-refractivity contribution in [2.45, 2.75) is 6.92 Å². The molecular formula is C13H12O4. The third kappa shape index (κ3) is 2.15. The number of carbonyl (C=O) groups is 1. The predicted molar refractivity (Wildman–Crippen MR) is 62.4 cm³/mol. The minimum atomic E-state index is -1.06. The molecule has 0 unspecified atom stereocenters. The lowest BCUT2D eigenvalue weighted by Crippen LogP contribution is -1.94. The van der Waals surface area contributed by atoms with Crippen molar-refractivity contribution in [3.8, 4) is 17.1 Å². The molecule has 0 radical (unpaired) electrons. The second kappa shape index (κ2) is 4.33. The third-order valence-corrected chi connectivity index (χ3v) is 2.47. The average molecular weight is 232 g/mol.